The number of fused-ring (bicyclic) bond motifs is 1. The van der Waals surface area contributed by atoms with Gasteiger partial charge in [-0.25, -0.2) is 0 Å². The van der Waals surface area contributed by atoms with Crippen molar-refractivity contribution in [3.05, 3.63) is 53.1 Å². The van der Waals surface area contributed by atoms with Gasteiger partial charge in [-0.3, -0.25) is 9.45 Å². The summed E-state index contributed by atoms with van der Waals surface area (Å²) >= 11 is 0. The molecule has 152 valence electrons. The lowest BCUT2D eigenvalue weighted by molar-refractivity contribution is 0.174. The molecule has 1 unspecified atom stereocenters. The second kappa shape index (κ2) is 8.36. The number of methoxy groups -OCH3 is 2. The number of ether oxygens (including phenoxy) is 2. The Balaban J connectivity index is 1.81. The fourth-order valence-electron chi connectivity index (χ4n) is 3.36. The molecular formula is C19H24N2O6S. The van der Waals surface area contributed by atoms with Gasteiger partial charge in [-0.05, 0) is 59.2 Å². The zero-order valence-corrected chi connectivity index (χ0v) is 16.8. The SMILES string of the molecule is COc1cccc(CN2Cc3cc(OC)c(ONS(=O)(=O)O)cc3CC2C)c1. The van der Waals surface area contributed by atoms with Crippen LogP contribution in [0, 0.1) is 0 Å². The molecule has 0 radical (unpaired) electrons. The Bertz CT molecular complexity index is 947. The van der Waals surface area contributed by atoms with Crippen LogP contribution in [0.4, 0.5) is 0 Å². The number of hydrogen-bond donors (Lipinski definition) is 2. The summed E-state index contributed by atoms with van der Waals surface area (Å²) < 4.78 is 41.2. The molecule has 0 saturated heterocycles. The maximum atomic E-state index is 10.9. The highest BCUT2D eigenvalue weighted by atomic mass is 32.2. The van der Waals surface area contributed by atoms with Gasteiger partial charge in [0.2, 0.25) is 0 Å². The van der Waals surface area contributed by atoms with Gasteiger partial charge in [-0.1, -0.05) is 12.1 Å². The molecule has 8 nitrogen and oxygen atoms in total. The maximum absolute atomic E-state index is 10.9. The first-order valence-electron chi connectivity index (χ1n) is 8.77. The van der Waals surface area contributed by atoms with E-state index in [4.69, 9.17) is 18.9 Å². The van der Waals surface area contributed by atoms with Crippen LogP contribution in [0.2, 0.25) is 0 Å². The van der Waals surface area contributed by atoms with E-state index in [1.807, 2.05) is 24.3 Å². The third kappa shape index (κ3) is 4.93. The quantitative estimate of drug-likeness (QED) is 0.536. The molecule has 1 aliphatic heterocycles. The van der Waals surface area contributed by atoms with E-state index < -0.39 is 10.3 Å². The van der Waals surface area contributed by atoms with Crippen LogP contribution in [-0.2, 0) is 29.8 Å². The molecule has 0 aromatic heterocycles. The molecule has 0 amide bonds. The predicted molar refractivity (Wildman–Crippen MR) is 104 cm³/mol. The Labute approximate surface area is 164 Å². The van der Waals surface area contributed by atoms with E-state index in [2.05, 4.69) is 17.9 Å². The summed E-state index contributed by atoms with van der Waals surface area (Å²) in [7, 11) is -1.35. The average Bonchev–Trinajstić information content (AvgIpc) is 2.66. The smallest absolute Gasteiger partial charge is 0.364 e. The summed E-state index contributed by atoms with van der Waals surface area (Å²) in [5.74, 6) is 1.41. The van der Waals surface area contributed by atoms with Gasteiger partial charge in [0.15, 0.2) is 11.5 Å². The number of benzene rings is 2. The molecule has 1 atom stereocenters. The number of nitrogens with one attached hydrogen (secondary N) is 1. The van der Waals surface area contributed by atoms with Crippen molar-refractivity contribution in [1.29, 1.82) is 0 Å². The molecule has 9 heteroatoms. The zero-order chi connectivity index (χ0) is 20.3. The van der Waals surface area contributed by atoms with Crippen molar-refractivity contribution in [1.82, 2.24) is 9.79 Å². The number of rotatable bonds is 7. The standard InChI is InChI=1S/C19H24N2O6S/c1-13-7-15-9-19(27-20-28(22,23)24)18(26-3)10-16(15)12-21(13)11-14-5-4-6-17(8-14)25-2/h4-6,8-10,13,20H,7,11-12H2,1-3H3,(H,22,23,24). The molecule has 28 heavy (non-hydrogen) atoms. The molecule has 0 saturated carbocycles. The van der Waals surface area contributed by atoms with Crippen LogP contribution in [0.5, 0.6) is 17.2 Å². The highest BCUT2D eigenvalue weighted by Crippen LogP contribution is 2.35. The summed E-state index contributed by atoms with van der Waals surface area (Å²) in [6.45, 7) is 3.64. The summed E-state index contributed by atoms with van der Waals surface area (Å²) in [5.41, 5.74) is 3.29. The number of nitrogens with zero attached hydrogens (tertiary/aromatic N) is 1. The van der Waals surface area contributed by atoms with E-state index >= 15 is 0 Å². The van der Waals surface area contributed by atoms with Gasteiger partial charge < -0.3 is 14.3 Å². The minimum atomic E-state index is -4.47. The second-order valence-electron chi connectivity index (χ2n) is 6.74. The molecule has 3 rings (SSSR count). The van der Waals surface area contributed by atoms with Crippen LogP contribution < -0.4 is 19.2 Å². The van der Waals surface area contributed by atoms with Crippen LogP contribution >= 0.6 is 0 Å². The van der Waals surface area contributed by atoms with Crippen LogP contribution in [-0.4, -0.2) is 38.1 Å². The van der Waals surface area contributed by atoms with Gasteiger partial charge in [0.05, 0.1) is 14.2 Å². The monoisotopic (exact) mass is 408 g/mol. The van der Waals surface area contributed by atoms with E-state index in [-0.39, 0.29) is 11.8 Å². The second-order valence-corrected chi connectivity index (χ2v) is 7.86. The lowest BCUT2D eigenvalue weighted by Crippen LogP contribution is -2.38. The summed E-state index contributed by atoms with van der Waals surface area (Å²) in [4.78, 5) is 8.96. The third-order valence-corrected chi connectivity index (χ3v) is 5.07. The van der Waals surface area contributed by atoms with Crippen molar-refractivity contribution in [2.24, 2.45) is 0 Å². The molecule has 2 aromatic carbocycles. The fraction of sp³-hybridized carbons (Fsp3) is 0.368. The molecule has 0 bridgehead atoms. The van der Waals surface area contributed by atoms with Crippen molar-refractivity contribution >= 4 is 10.3 Å². The van der Waals surface area contributed by atoms with Gasteiger partial charge in [-0.15, -0.1) is 0 Å². The molecule has 1 aliphatic rings. The zero-order valence-electron chi connectivity index (χ0n) is 16.0. The molecule has 0 fully saturated rings. The van der Waals surface area contributed by atoms with Crippen molar-refractivity contribution in [2.45, 2.75) is 32.5 Å². The maximum Gasteiger partial charge on any atom is 0.364 e. The van der Waals surface area contributed by atoms with E-state index in [9.17, 15) is 8.42 Å². The minimum absolute atomic E-state index is 0.201. The largest absolute Gasteiger partial charge is 0.497 e. The first-order chi connectivity index (χ1) is 13.3. The summed E-state index contributed by atoms with van der Waals surface area (Å²) in [6.07, 6.45) is 0.769. The van der Waals surface area contributed by atoms with Crippen molar-refractivity contribution < 1.29 is 27.3 Å². The Kier molecular flexibility index (Phi) is 6.09. The highest BCUT2D eigenvalue weighted by Gasteiger charge is 2.25. The fourth-order valence-corrected chi connectivity index (χ4v) is 3.55. The van der Waals surface area contributed by atoms with Crippen LogP contribution in [0.1, 0.15) is 23.6 Å². The van der Waals surface area contributed by atoms with Gasteiger partial charge in [0.1, 0.15) is 5.75 Å². The molecule has 2 N–H and O–H groups in total. The van der Waals surface area contributed by atoms with Gasteiger partial charge in [0.25, 0.3) is 0 Å². The summed E-state index contributed by atoms with van der Waals surface area (Å²) in [6, 6.07) is 11.8. The number of hydrogen-bond acceptors (Lipinski definition) is 6. The Hall–Kier alpha value is -2.33. The lowest BCUT2D eigenvalue weighted by atomic mass is 9.93. The Morgan fingerprint density at radius 3 is 2.57 bits per heavy atom. The molecule has 1 heterocycles. The van der Waals surface area contributed by atoms with Crippen molar-refractivity contribution in [3.8, 4) is 17.2 Å². The first-order valence-corrected chi connectivity index (χ1v) is 10.2. The first kappa shape index (κ1) is 20.4. The van der Waals surface area contributed by atoms with Crippen LogP contribution in [0.3, 0.4) is 0 Å². The normalized spacial score (nSPS) is 17.1. The molecule has 2 aromatic rings. The van der Waals surface area contributed by atoms with Gasteiger partial charge in [-0.2, -0.15) is 8.42 Å². The molecular weight excluding hydrogens is 384 g/mol. The van der Waals surface area contributed by atoms with Crippen molar-refractivity contribution in [3.63, 3.8) is 0 Å². The van der Waals surface area contributed by atoms with E-state index in [0.29, 0.717) is 5.75 Å². The third-order valence-electron chi connectivity index (χ3n) is 4.77. The molecule has 0 aliphatic carbocycles. The predicted octanol–water partition coefficient (Wildman–Crippen LogP) is 2.34. The Morgan fingerprint density at radius 1 is 1.14 bits per heavy atom. The highest BCUT2D eigenvalue weighted by molar-refractivity contribution is 7.83. The van der Waals surface area contributed by atoms with Gasteiger partial charge in [0, 0.05) is 19.1 Å². The summed E-state index contributed by atoms with van der Waals surface area (Å²) in [5, 5.41) is 0. The average molecular weight is 408 g/mol. The van der Waals surface area contributed by atoms with E-state index in [0.717, 1.165) is 36.4 Å². The topological polar surface area (TPSA) is 97.3 Å². The van der Waals surface area contributed by atoms with E-state index in [1.165, 1.54) is 12.7 Å². The minimum Gasteiger partial charge on any atom is -0.497 e. The van der Waals surface area contributed by atoms with Crippen LogP contribution in [0.15, 0.2) is 36.4 Å². The lowest BCUT2D eigenvalue weighted by Gasteiger charge is -2.35. The molecule has 0 spiro atoms. The van der Waals surface area contributed by atoms with Crippen LogP contribution in [0.25, 0.3) is 0 Å². The Morgan fingerprint density at radius 2 is 1.89 bits per heavy atom. The van der Waals surface area contributed by atoms with Gasteiger partial charge >= 0.3 is 10.3 Å². The van der Waals surface area contributed by atoms with E-state index in [1.54, 1.807) is 18.1 Å². The van der Waals surface area contributed by atoms with Crippen molar-refractivity contribution in [2.75, 3.05) is 14.2 Å².